The van der Waals surface area contributed by atoms with Crippen molar-refractivity contribution in [2.45, 2.75) is 0 Å². The summed E-state index contributed by atoms with van der Waals surface area (Å²) in [6.45, 7) is -3.81. The Morgan fingerprint density at radius 2 is 1.17 bits per heavy atom. The lowest BCUT2D eigenvalue weighted by Gasteiger charge is -1.88. The third kappa shape index (κ3) is 84.4. The second-order valence-electron chi connectivity index (χ2n) is 0.513. The molecule has 0 aromatic rings. The van der Waals surface area contributed by atoms with Gasteiger partial charge in [-0.15, -0.1) is 0 Å². The second kappa shape index (κ2) is 3.03. The van der Waals surface area contributed by atoms with Crippen molar-refractivity contribution in [1.82, 2.24) is 0 Å². The molecule has 0 aromatic heterocycles. The third-order valence-corrected chi connectivity index (χ3v) is 0. The van der Waals surface area contributed by atoms with Gasteiger partial charge in [-0.05, 0) is 11.8 Å². The van der Waals surface area contributed by atoms with Crippen LogP contribution in [-0.2, 0) is 11.8 Å². The molecule has 40 valence electrons. The molecule has 6 heteroatoms. The molecule has 0 aliphatic carbocycles. The van der Waals surface area contributed by atoms with Crippen LogP contribution in [0.25, 0.3) is 0 Å². The standard InChI is InChI=1S/H3O3PS.H3P/c1-4(2,3)5;/h(H3,1,2,3,5);1H3. The zero-order valence-electron chi connectivity index (χ0n) is 2.90. The van der Waals surface area contributed by atoms with Gasteiger partial charge < -0.3 is 14.7 Å². The van der Waals surface area contributed by atoms with Crippen molar-refractivity contribution in [1.29, 1.82) is 0 Å². The Hall–Kier alpha value is 0.960. The minimum absolute atomic E-state index is 0. The molecule has 1 atom stereocenters. The van der Waals surface area contributed by atoms with Gasteiger partial charge in [0.25, 0.3) is 0 Å². The van der Waals surface area contributed by atoms with Crippen LogP contribution in [-0.4, -0.2) is 14.7 Å². The fraction of sp³-hybridized carbons (Fsp3) is 0. The molecule has 0 aromatic carbocycles. The quantitative estimate of drug-likeness (QED) is 0.395. The molecular formula is H6O3P2S. The Labute approximate surface area is 43.9 Å². The summed E-state index contributed by atoms with van der Waals surface area (Å²) < 4.78 is 0. The van der Waals surface area contributed by atoms with Crippen molar-refractivity contribution in [3.8, 4) is 0 Å². The Bertz CT molecular complexity index is 54.9. The Morgan fingerprint density at radius 1 is 1.17 bits per heavy atom. The smallest absolute Gasteiger partial charge is 0.319 e. The molecule has 0 spiro atoms. The molecule has 3 N–H and O–H groups in total. The minimum atomic E-state index is -3.81. The van der Waals surface area contributed by atoms with Crippen LogP contribution in [0, 0.1) is 0 Å². The van der Waals surface area contributed by atoms with Gasteiger partial charge in [0.15, 0.2) is 0 Å². The van der Waals surface area contributed by atoms with E-state index in [0.717, 1.165) is 0 Å². The van der Waals surface area contributed by atoms with E-state index in [1.54, 1.807) is 0 Å². The molecule has 0 aliphatic heterocycles. The maximum absolute atomic E-state index is 7.56. The Morgan fingerprint density at radius 3 is 1.17 bits per heavy atom. The molecule has 0 radical (unpaired) electrons. The highest BCUT2D eigenvalue weighted by molar-refractivity contribution is 8.06. The van der Waals surface area contributed by atoms with Crippen LogP contribution in [0.2, 0.25) is 0 Å². The summed E-state index contributed by atoms with van der Waals surface area (Å²) in [6.07, 6.45) is 0. The summed E-state index contributed by atoms with van der Waals surface area (Å²) in [4.78, 5) is 22.7. The van der Waals surface area contributed by atoms with E-state index in [9.17, 15) is 0 Å². The van der Waals surface area contributed by atoms with Gasteiger partial charge in [-0.25, -0.2) is 0 Å². The van der Waals surface area contributed by atoms with Crippen LogP contribution < -0.4 is 0 Å². The van der Waals surface area contributed by atoms with Crippen molar-refractivity contribution in [2.24, 2.45) is 0 Å². The zero-order valence-corrected chi connectivity index (χ0v) is 6.03. The molecule has 0 amide bonds. The van der Waals surface area contributed by atoms with E-state index in [4.69, 9.17) is 14.7 Å². The lowest BCUT2D eigenvalue weighted by atomic mass is 15.8. The highest BCUT2D eigenvalue weighted by atomic mass is 32.5. The lowest BCUT2D eigenvalue weighted by molar-refractivity contribution is 0.363. The van der Waals surface area contributed by atoms with Crippen LogP contribution in [0.1, 0.15) is 0 Å². The van der Waals surface area contributed by atoms with Gasteiger partial charge in [-0.3, -0.25) is 0 Å². The van der Waals surface area contributed by atoms with E-state index < -0.39 is 6.72 Å². The summed E-state index contributed by atoms with van der Waals surface area (Å²) in [5, 5.41) is 0. The predicted molar refractivity (Wildman–Crippen MR) is 32.0 cm³/mol. The summed E-state index contributed by atoms with van der Waals surface area (Å²) in [6, 6.07) is 0. The normalized spacial score (nSPS) is 9.83. The van der Waals surface area contributed by atoms with Crippen molar-refractivity contribution < 1.29 is 14.7 Å². The molecular weight excluding hydrogens is 142 g/mol. The van der Waals surface area contributed by atoms with Gasteiger partial charge in [-0.2, -0.15) is 9.90 Å². The summed E-state index contributed by atoms with van der Waals surface area (Å²) in [7, 11) is 0. The molecule has 6 heavy (non-hydrogen) atoms. The zero-order chi connectivity index (χ0) is 4.50. The number of hydrogen-bond donors (Lipinski definition) is 3. The average molecular weight is 148 g/mol. The van der Waals surface area contributed by atoms with Crippen LogP contribution in [0.3, 0.4) is 0 Å². The van der Waals surface area contributed by atoms with Crippen molar-refractivity contribution >= 4 is 28.4 Å². The average Bonchev–Trinajstić information content (AvgIpc) is 0.722. The first kappa shape index (κ1) is 10.0. The predicted octanol–water partition coefficient (Wildman–Crippen LogP) is -0.754. The van der Waals surface area contributed by atoms with Crippen molar-refractivity contribution in [3.05, 3.63) is 0 Å². The van der Waals surface area contributed by atoms with Crippen LogP contribution in [0.5, 0.6) is 0 Å². The molecule has 0 saturated heterocycles. The van der Waals surface area contributed by atoms with Crippen LogP contribution in [0.4, 0.5) is 0 Å². The van der Waals surface area contributed by atoms with Gasteiger partial charge in [-0.1, -0.05) is 0 Å². The first-order valence-corrected chi connectivity index (χ1v) is 3.44. The Balaban J connectivity index is 0. The second-order valence-corrected chi connectivity index (χ2v) is 3.01. The fourth-order valence-electron chi connectivity index (χ4n) is 0. The van der Waals surface area contributed by atoms with E-state index >= 15 is 0 Å². The molecule has 0 aliphatic rings. The van der Waals surface area contributed by atoms with Crippen molar-refractivity contribution in [2.75, 3.05) is 0 Å². The fourth-order valence-corrected chi connectivity index (χ4v) is 0. The number of hydrogen-bond acceptors (Lipinski definition) is 1. The van der Waals surface area contributed by atoms with E-state index in [2.05, 4.69) is 11.8 Å². The first-order valence-electron chi connectivity index (χ1n) is 0.783. The van der Waals surface area contributed by atoms with Crippen LogP contribution >= 0.6 is 16.6 Å². The van der Waals surface area contributed by atoms with E-state index in [1.165, 1.54) is 0 Å². The van der Waals surface area contributed by atoms with E-state index in [1.807, 2.05) is 0 Å². The van der Waals surface area contributed by atoms with E-state index in [0.29, 0.717) is 0 Å². The molecule has 1 unspecified atom stereocenters. The highest BCUT2D eigenvalue weighted by Gasteiger charge is 1.92. The molecule has 3 nitrogen and oxygen atoms in total. The largest absolute Gasteiger partial charge is 0.325 e. The SMILES string of the molecule is OP(O)(O)=S.P. The summed E-state index contributed by atoms with van der Waals surface area (Å²) >= 11 is 3.60. The molecule has 0 bridgehead atoms. The topological polar surface area (TPSA) is 60.7 Å². The van der Waals surface area contributed by atoms with Gasteiger partial charge in [0.1, 0.15) is 0 Å². The van der Waals surface area contributed by atoms with Crippen molar-refractivity contribution in [3.63, 3.8) is 0 Å². The highest BCUT2D eigenvalue weighted by Crippen LogP contribution is 2.26. The van der Waals surface area contributed by atoms with Gasteiger partial charge in [0, 0.05) is 0 Å². The third-order valence-electron chi connectivity index (χ3n) is 0. The first-order chi connectivity index (χ1) is 2.00. The molecule has 0 rings (SSSR count). The summed E-state index contributed by atoms with van der Waals surface area (Å²) in [5.74, 6) is 0. The maximum Gasteiger partial charge on any atom is 0.319 e. The summed E-state index contributed by atoms with van der Waals surface area (Å²) in [5.41, 5.74) is 0. The molecule has 0 heterocycles. The Kier molecular flexibility index (Phi) is 5.07. The monoisotopic (exact) mass is 148 g/mol. The van der Waals surface area contributed by atoms with Crippen LogP contribution in [0.15, 0.2) is 0 Å². The van der Waals surface area contributed by atoms with E-state index in [-0.39, 0.29) is 9.90 Å². The molecule has 0 saturated carbocycles. The minimum Gasteiger partial charge on any atom is -0.325 e. The maximum atomic E-state index is 7.56. The lowest BCUT2D eigenvalue weighted by Crippen LogP contribution is -1.65. The molecule has 0 fully saturated rings. The van der Waals surface area contributed by atoms with Gasteiger partial charge in [0.05, 0.1) is 0 Å². The number of rotatable bonds is 0. The van der Waals surface area contributed by atoms with Gasteiger partial charge in [0.2, 0.25) is 0 Å². The van der Waals surface area contributed by atoms with Gasteiger partial charge >= 0.3 is 6.72 Å².